The zero-order valence-corrected chi connectivity index (χ0v) is 14.0. The monoisotopic (exact) mass is 344 g/mol. The Morgan fingerprint density at radius 1 is 1.09 bits per heavy atom. The molecule has 0 radical (unpaired) electrons. The van der Waals surface area contributed by atoms with Crippen molar-refractivity contribution >= 4 is 19.9 Å². The summed E-state index contributed by atoms with van der Waals surface area (Å²) in [5, 5.41) is 3.27. The molecule has 0 aliphatic carbocycles. The summed E-state index contributed by atoms with van der Waals surface area (Å²) in [6, 6.07) is 5.69. The van der Waals surface area contributed by atoms with Crippen LogP contribution in [0.1, 0.15) is 6.92 Å². The smallest absolute Gasteiger partial charge is 0.243 e. The molecular formula is C14H20N2O4S2. The number of sulfone groups is 1. The van der Waals surface area contributed by atoms with Crippen LogP contribution in [0.15, 0.2) is 34.1 Å². The van der Waals surface area contributed by atoms with E-state index < -0.39 is 19.9 Å². The largest absolute Gasteiger partial charge is 0.316 e. The molecule has 0 amide bonds. The molecule has 122 valence electrons. The van der Waals surface area contributed by atoms with Gasteiger partial charge in [0.15, 0.2) is 9.84 Å². The molecule has 8 heteroatoms. The average Bonchev–Trinajstić information content (AvgIpc) is 3.09. The van der Waals surface area contributed by atoms with Crippen molar-refractivity contribution in [1.82, 2.24) is 9.62 Å². The molecule has 2 fully saturated rings. The van der Waals surface area contributed by atoms with Gasteiger partial charge in [-0.25, -0.2) is 16.8 Å². The molecule has 0 spiro atoms. The molecule has 2 saturated heterocycles. The Kier molecular flexibility index (Phi) is 4.05. The fourth-order valence-corrected chi connectivity index (χ4v) is 5.75. The molecule has 1 aromatic rings. The summed E-state index contributed by atoms with van der Waals surface area (Å²) >= 11 is 0. The quantitative estimate of drug-likeness (QED) is 0.850. The Morgan fingerprint density at radius 3 is 2.27 bits per heavy atom. The van der Waals surface area contributed by atoms with Crippen LogP contribution in [0.5, 0.6) is 0 Å². The van der Waals surface area contributed by atoms with Gasteiger partial charge >= 0.3 is 0 Å². The minimum absolute atomic E-state index is 0.0456. The van der Waals surface area contributed by atoms with Crippen LogP contribution < -0.4 is 5.32 Å². The van der Waals surface area contributed by atoms with Crippen LogP contribution >= 0.6 is 0 Å². The predicted octanol–water partition coefficient (Wildman–Crippen LogP) is 0.320. The maximum atomic E-state index is 12.7. The Bertz CT molecular complexity index is 762. The highest BCUT2D eigenvalue weighted by molar-refractivity contribution is 7.91. The van der Waals surface area contributed by atoms with Gasteiger partial charge in [0.05, 0.1) is 15.5 Å². The topological polar surface area (TPSA) is 83.5 Å². The zero-order valence-electron chi connectivity index (χ0n) is 12.4. The number of hydrogen-bond donors (Lipinski definition) is 1. The molecule has 2 atom stereocenters. The van der Waals surface area contributed by atoms with Crippen molar-refractivity contribution in [2.24, 2.45) is 11.8 Å². The first-order valence-electron chi connectivity index (χ1n) is 7.38. The van der Waals surface area contributed by atoms with Gasteiger partial charge in [-0.1, -0.05) is 13.0 Å². The lowest BCUT2D eigenvalue weighted by Gasteiger charge is -2.18. The van der Waals surface area contributed by atoms with Gasteiger partial charge in [0.25, 0.3) is 0 Å². The lowest BCUT2D eigenvalue weighted by atomic mass is 10.0. The van der Waals surface area contributed by atoms with Crippen molar-refractivity contribution in [2.75, 3.05) is 31.9 Å². The molecule has 6 nitrogen and oxygen atoms in total. The second kappa shape index (κ2) is 5.59. The number of rotatable bonds is 4. The van der Waals surface area contributed by atoms with Crippen molar-refractivity contribution in [3.05, 3.63) is 24.3 Å². The Hall–Kier alpha value is -0.960. The van der Waals surface area contributed by atoms with Crippen LogP contribution in [-0.2, 0) is 19.9 Å². The predicted molar refractivity (Wildman–Crippen MR) is 82.8 cm³/mol. The molecule has 2 aliphatic heterocycles. The molecule has 2 heterocycles. The molecule has 2 aliphatic rings. The van der Waals surface area contributed by atoms with Crippen LogP contribution in [0, 0.1) is 11.8 Å². The van der Waals surface area contributed by atoms with Crippen molar-refractivity contribution in [1.29, 1.82) is 0 Å². The maximum Gasteiger partial charge on any atom is 0.243 e. The fraction of sp³-hybridized carbons (Fsp3) is 0.571. The number of benzene rings is 1. The van der Waals surface area contributed by atoms with Gasteiger partial charge < -0.3 is 5.32 Å². The van der Waals surface area contributed by atoms with E-state index in [0.717, 1.165) is 13.1 Å². The van der Waals surface area contributed by atoms with Crippen molar-refractivity contribution in [3.63, 3.8) is 0 Å². The summed E-state index contributed by atoms with van der Waals surface area (Å²) in [6.07, 6.45) is 0. The fourth-order valence-electron chi connectivity index (χ4n) is 3.15. The van der Waals surface area contributed by atoms with E-state index in [2.05, 4.69) is 5.32 Å². The van der Waals surface area contributed by atoms with Gasteiger partial charge in [0.2, 0.25) is 10.0 Å². The molecule has 0 bridgehead atoms. The third-order valence-electron chi connectivity index (χ3n) is 4.54. The van der Waals surface area contributed by atoms with Crippen LogP contribution in [0.4, 0.5) is 0 Å². The summed E-state index contributed by atoms with van der Waals surface area (Å²) in [6.45, 7) is 4.25. The van der Waals surface area contributed by atoms with Crippen molar-refractivity contribution < 1.29 is 16.8 Å². The molecule has 3 rings (SSSR count). The van der Waals surface area contributed by atoms with E-state index in [-0.39, 0.29) is 15.5 Å². The van der Waals surface area contributed by atoms with E-state index in [0.29, 0.717) is 24.9 Å². The van der Waals surface area contributed by atoms with Gasteiger partial charge in [0.1, 0.15) is 0 Å². The molecular weight excluding hydrogens is 324 g/mol. The molecule has 1 aromatic carbocycles. The number of nitrogens with one attached hydrogen (secondary N) is 1. The first kappa shape index (κ1) is 15.9. The lowest BCUT2D eigenvalue weighted by molar-refractivity contribution is 0.448. The molecule has 22 heavy (non-hydrogen) atoms. The minimum atomic E-state index is -3.63. The number of fused-ring (bicyclic) bond motifs is 1. The minimum Gasteiger partial charge on any atom is -0.316 e. The normalized spacial score (nSPS) is 26.2. The van der Waals surface area contributed by atoms with Gasteiger partial charge in [-0.3, -0.25) is 0 Å². The van der Waals surface area contributed by atoms with Gasteiger partial charge in [-0.15, -0.1) is 0 Å². The number of nitrogens with zero attached hydrogens (tertiary/aromatic N) is 1. The first-order chi connectivity index (χ1) is 10.3. The van der Waals surface area contributed by atoms with Crippen LogP contribution in [-0.4, -0.2) is 53.1 Å². The van der Waals surface area contributed by atoms with E-state index in [9.17, 15) is 16.8 Å². The van der Waals surface area contributed by atoms with Crippen LogP contribution in [0.3, 0.4) is 0 Å². The standard InChI is InChI=1S/C14H20N2O4S2/c1-2-21(17,18)13-4-3-5-14(6-13)22(19,20)16-9-11-7-15-8-12(11)10-16/h3-6,11-12,15H,2,7-10H2,1H3/t11-,12+. The summed E-state index contributed by atoms with van der Waals surface area (Å²) in [4.78, 5) is 0.132. The summed E-state index contributed by atoms with van der Waals surface area (Å²) < 4.78 is 50.9. The van der Waals surface area contributed by atoms with E-state index >= 15 is 0 Å². The number of hydrogen-bond acceptors (Lipinski definition) is 5. The first-order valence-corrected chi connectivity index (χ1v) is 10.5. The average molecular weight is 344 g/mol. The highest BCUT2D eigenvalue weighted by Gasteiger charge is 2.41. The Balaban J connectivity index is 1.92. The zero-order chi connectivity index (χ0) is 16.0. The molecule has 0 saturated carbocycles. The van der Waals surface area contributed by atoms with Gasteiger partial charge in [-0.2, -0.15) is 4.31 Å². The second-order valence-electron chi connectivity index (χ2n) is 5.88. The summed E-state index contributed by atoms with van der Waals surface area (Å²) in [7, 11) is -7.04. The summed E-state index contributed by atoms with van der Waals surface area (Å²) in [5.74, 6) is 0.672. The highest BCUT2D eigenvalue weighted by Crippen LogP contribution is 2.31. The Morgan fingerprint density at radius 2 is 1.68 bits per heavy atom. The number of sulfonamides is 1. The maximum absolute atomic E-state index is 12.7. The van der Waals surface area contributed by atoms with Crippen molar-refractivity contribution in [2.45, 2.75) is 16.7 Å². The van der Waals surface area contributed by atoms with Gasteiger partial charge in [0, 0.05) is 13.1 Å². The van der Waals surface area contributed by atoms with E-state index in [4.69, 9.17) is 0 Å². The van der Waals surface area contributed by atoms with Crippen LogP contribution in [0.2, 0.25) is 0 Å². The third-order valence-corrected chi connectivity index (χ3v) is 8.10. The van der Waals surface area contributed by atoms with E-state index in [1.54, 1.807) is 6.92 Å². The lowest BCUT2D eigenvalue weighted by Crippen LogP contribution is -2.32. The van der Waals surface area contributed by atoms with Crippen LogP contribution in [0.25, 0.3) is 0 Å². The SMILES string of the molecule is CCS(=O)(=O)c1cccc(S(=O)(=O)N2C[C@H]3CNC[C@H]3C2)c1. The van der Waals surface area contributed by atoms with Crippen molar-refractivity contribution in [3.8, 4) is 0 Å². The molecule has 0 aromatic heterocycles. The molecule has 0 unspecified atom stereocenters. The molecule has 1 N–H and O–H groups in total. The summed E-state index contributed by atoms with van der Waals surface area (Å²) in [5.41, 5.74) is 0. The second-order valence-corrected chi connectivity index (χ2v) is 10.1. The van der Waals surface area contributed by atoms with E-state index in [1.807, 2.05) is 0 Å². The van der Waals surface area contributed by atoms with Gasteiger partial charge in [-0.05, 0) is 43.1 Å². The Labute approximate surface area is 131 Å². The van der Waals surface area contributed by atoms with E-state index in [1.165, 1.54) is 28.6 Å². The third kappa shape index (κ3) is 2.68. The highest BCUT2D eigenvalue weighted by atomic mass is 32.2.